The van der Waals surface area contributed by atoms with Gasteiger partial charge in [-0.2, -0.15) is 5.06 Å². The standard InChI is InChI=1S/C13H16ClNO/c14-11-6-4-10(5-7-11)13-9-12-3-1-2-8-15(12)16-13/h4-7,12-13H,1-3,8-9H2/t12-,13-/m1/s1. The van der Waals surface area contributed by atoms with Crippen LogP contribution in [0.1, 0.15) is 37.4 Å². The molecule has 0 unspecified atom stereocenters. The summed E-state index contributed by atoms with van der Waals surface area (Å²) in [5, 5.41) is 2.97. The van der Waals surface area contributed by atoms with E-state index < -0.39 is 0 Å². The molecule has 3 rings (SSSR count). The normalized spacial score (nSPS) is 30.3. The molecular weight excluding hydrogens is 222 g/mol. The van der Waals surface area contributed by atoms with Crippen molar-refractivity contribution >= 4 is 11.6 Å². The molecule has 2 fully saturated rings. The molecule has 3 heteroatoms. The minimum atomic E-state index is 0.236. The van der Waals surface area contributed by atoms with Crippen LogP contribution in [0.2, 0.25) is 5.02 Å². The van der Waals surface area contributed by atoms with Crippen molar-refractivity contribution in [2.24, 2.45) is 0 Å². The van der Waals surface area contributed by atoms with E-state index in [0.29, 0.717) is 6.04 Å². The first-order chi connectivity index (χ1) is 7.83. The predicted molar refractivity (Wildman–Crippen MR) is 64.2 cm³/mol. The van der Waals surface area contributed by atoms with Crippen molar-refractivity contribution < 1.29 is 4.84 Å². The molecule has 0 aliphatic carbocycles. The van der Waals surface area contributed by atoms with Gasteiger partial charge in [0.2, 0.25) is 0 Å². The smallest absolute Gasteiger partial charge is 0.106 e. The number of halogens is 1. The number of piperidine rings is 1. The summed E-state index contributed by atoms with van der Waals surface area (Å²) in [6.45, 7) is 1.09. The van der Waals surface area contributed by atoms with Gasteiger partial charge in [0.1, 0.15) is 6.10 Å². The zero-order valence-corrected chi connectivity index (χ0v) is 9.99. The average molecular weight is 238 g/mol. The lowest BCUT2D eigenvalue weighted by molar-refractivity contribution is -0.173. The highest BCUT2D eigenvalue weighted by atomic mass is 35.5. The Balaban J connectivity index is 1.75. The summed E-state index contributed by atoms with van der Waals surface area (Å²) in [7, 11) is 0. The summed E-state index contributed by atoms with van der Waals surface area (Å²) in [5.41, 5.74) is 1.25. The summed E-state index contributed by atoms with van der Waals surface area (Å²) in [6.07, 6.45) is 5.26. The number of rotatable bonds is 1. The van der Waals surface area contributed by atoms with Gasteiger partial charge in [0.25, 0.3) is 0 Å². The molecular formula is C13H16ClNO. The third-order valence-electron chi connectivity index (χ3n) is 3.56. The summed E-state index contributed by atoms with van der Waals surface area (Å²) >= 11 is 5.89. The molecule has 2 saturated heterocycles. The number of benzene rings is 1. The second-order valence-electron chi connectivity index (χ2n) is 4.67. The first-order valence-corrected chi connectivity index (χ1v) is 6.39. The Kier molecular flexibility index (Phi) is 2.88. The Labute approximate surface area is 101 Å². The Morgan fingerprint density at radius 3 is 2.75 bits per heavy atom. The van der Waals surface area contributed by atoms with Crippen molar-refractivity contribution in [3.05, 3.63) is 34.9 Å². The Morgan fingerprint density at radius 1 is 1.19 bits per heavy atom. The van der Waals surface area contributed by atoms with Crippen molar-refractivity contribution in [3.63, 3.8) is 0 Å². The fourth-order valence-electron chi connectivity index (χ4n) is 2.68. The molecule has 0 bridgehead atoms. The fraction of sp³-hybridized carbons (Fsp3) is 0.538. The maximum Gasteiger partial charge on any atom is 0.106 e. The lowest BCUT2D eigenvalue weighted by Gasteiger charge is -2.26. The third-order valence-corrected chi connectivity index (χ3v) is 3.82. The Hall–Kier alpha value is -0.570. The first-order valence-electron chi connectivity index (χ1n) is 6.02. The van der Waals surface area contributed by atoms with Crippen molar-refractivity contribution in [2.45, 2.75) is 37.8 Å². The molecule has 2 aliphatic heterocycles. The van der Waals surface area contributed by atoms with Crippen LogP contribution < -0.4 is 0 Å². The minimum Gasteiger partial charge on any atom is -0.291 e. The molecule has 2 aliphatic rings. The van der Waals surface area contributed by atoms with Gasteiger partial charge in [0.05, 0.1) is 0 Å². The van der Waals surface area contributed by atoms with Gasteiger partial charge < -0.3 is 0 Å². The molecule has 2 atom stereocenters. The molecule has 1 aromatic carbocycles. The zero-order valence-electron chi connectivity index (χ0n) is 9.23. The van der Waals surface area contributed by atoms with Crippen molar-refractivity contribution in [2.75, 3.05) is 6.54 Å². The van der Waals surface area contributed by atoms with Crippen molar-refractivity contribution in [3.8, 4) is 0 Å². The van der Waals surface area contributed by atoms with Gasteiger partial charge in [-0.25, -0.2) is 0 Å². The molecule has 1 aromatic rings. The van der Waals surface area contributed by atoms with Crippen molar-refractivity contribution in [1.29, 1.82) is 0 Å². The SMILES string of the molecule is Clc1ccc([C@H]2C[C@H]3CCCCN3O2)cc1. The van der Waals surface area contributed by atoms with Crippen LogP contribution in [0.25, 0.3) is 0 Å². The zero-order chi connectivity index (χ0) is 11.0. The topological polar surface area (TPSA) is 12.5 Å². The van der Waals surface area contributed by atoms with Gasteiger partial charge in [0.15, 0.2) is 0 Å². The number of hydrogen-bond acceptors (Lipinski definition) is 2. The highest BCUT2D eigenvalue weighted by Crippen LogP contribution is 2.37. The summed E-state index contributed by atoms with van der Waals surface area (Å²) in [5.74, 6) is 0. The van der Waals surface area contributed by atoms with Crippen LogP contribution in [-0.4, -0.2) is 17.6 Å². The number of nitrogens with zero attached hydrogens (tertiary/aromatic N) is 1. The number of hydrogen-bond donors (Lipinski definition) is 0. The van der Waals surface area contributed by atoms with Gasteiger partial charge in [0, 0.05) is 17.6 Å². The molecule has 0 amide bonds. The molecule has 2 heterocycles. The average Bonchev–Trinajstić information content (AvgIpc) is 2.73. The van der Waals surface area contributed by atoms with Crippen LogP contribution in [-0.2, 0) is 4.84 Å². The van der Waals surface area contributed by atoms with E-state index in [1.807, 2.05) is 12.1 Å². The Bertz CT molecular complexity index is 351. The molecule has 0 saturated carbocycles. The predicted octanol–water partition coefficient (Wildman–Crippen LogP) is 3.57. The lowest BCUT2D eigenvalue weighted by atomic mass is 9.97. The number of hydroxylamine groups is 2. The van der Waals surface area contributed by atoms with Crippen LogP contribution in [0.3, 0.4) is 0 Å². The second-order valence-corrected chi connectivity index (χ2v) is 5.11. The largest absolute Gasteiger partial charge is 0.291 e. The fourth-order valence-corrected chi connectivity index (χ4v) is 2.80. The molecule has 16 heavy (non-hydrogen) atoms. The van der Waals surface area contributed by atoms with Crippen LogP contribution in [0, 0.1) is 0 Å². The van der Waals surface area contributed by atoms with Gasteiger partial charge in [-0.3, -0.25) is 4.84 Å². The molecule has 2 nitrogen and oxygen atoms in total. The van der Waals surface area contributed by atoms with Crippen molar-refractivity contribution in [1.82, 2.24) is 5.06 Å². The lowest BCUT2D eigenvalue weighted by Crippen LogP contribution is -2.32. The first kappa shape index (κ1) is 10.6. The summed E-state index contributed by atoms with van der Waals surface area (Å²) in [6, 6.07) is 8.67. The van der Waals surface area contributed by atoms with Crippen LogP contribution >= 0.6 is 11.6 Å². The van der Waals surface area contributed by atoms with E-state index in [9.17, 15) is 0 Å². The number of fused-ring (bicyclic) bond motifs is 1. The minimum absolute atomic E-state index is 0.236. The molecule has 0 spiro atoms. The van der Waals surface area contributed by atoms with E-state index in [4.69, 9.17) is 16.4 Å². The molecule has 0 N–H and O–H groups in total. The van der Waals surface area contributed by atoms with E-state index in [1.165, 1.54) is 24.8 Å². The van der Waals surface area contributed by atoms with Gasteiger partial charge in [-0.1, -0.05) is 30.2 Å². The van der Waals surface area contributed by atoms with E-state index in [2.05, 4.69) is 17.2 Å². The van der Waals surface area contributed by atoms with E-state index >= 15 is 0 Å². The maximum absolute atomic E-state index is 5.98. The molecule has 0 aromatic heterocycles. The highest BCUT2D eigenvalue weighted by molar-refractivity contribution is 6.30. The quantitative estimate of drug-likeness (QED) is 0.741. The molecule has 86 valence electrons. The van der Waals surface area contributed by atoms with E-state index in [0.717, 1.165) is 18.0 Å². The Morgan fingerprint density at radius 2 is 2.00 bits per heavy atom. The third kappa shape index (κ3) is 1.97. The monoisotopic (exact) mass is 237 g/mol. The second kappa shape index (κ2) is 4.36. The highest BCUT2D eigenvalue weighted by Gasteiger charge is 2.35. The van der Waals surface area contributed by atoms with Gasteiger partial charge >= 0.3 is 0 Å². The van der Waals surface area contributed by atoms with E-state index in [-0.39, 0.29) is 6.10 Å². The summed E-state index contributed by atoms with van der Waals surface area (Å²) in [4.78, 5) is 5.98. The molecule has 0 radical (unpaired) electrons. The maximum atomic E-state index is 5.98. The van der Waals surface area contributed by atoms with E-state index in [1.54, 1.807) is 0 Å². The van der Waals surface area contributed by atoms with Gasteiger partial charge in [-0.15, -0.1) is 0 Å². The van der Waals surface area contributed by atoms with Crippen LogP contribution in [0.4, 0.5) is 0 Å². The summed E-state index contributed by atoms with van der Waals surface area (Å²) < 4.78 is 0. The van der Waals surface area contributed by atoms with Crippen LogP contribution in [0.5, 0.6) is 0 Å². The van der Waals surface area contributed by atoms with Crippen LogP contribution in [0.15, 0.2) is 24.3 Å². The van der Waals surface area contributed by atoms with Gasteiger partial charge in [-0.05, 0) is 37.0 Å².